The van der Waals surface area contributed by atoms with Gasteiger partial charge in [-0.3, -0.25) is 0 Å². The molecule has 0 saturated carbocycles. The second kappa shape index (κ2) is 5.05. The number of carbonyl (C=O) groups is 1. The number of ether oxygens (including phenoxy) is 3. The Kier molecular flexibility index (Phi) is 3.49. The van der Waals surface area contributed by atoms with Crippen molar-refractivity contribution in [3.63, 3.8) is 0 Å². The van der Waals surface area contributed by atoms with Crippen LogP contribution in [0.4, 0.5) is 0 Å². The maximum Gasteiger partial charge on any atom is 0.345 e. The van der Waals surface area contributed by atoms with E-state index in [4.69, 9.17) is 9.47 Å². The predicted molar refractivity (Wildman–Crippen MR) is 59.3 cm³/mol. The molecule has 92 valence electrons. The van der Waals surface area contributed by atoms with Crippen LogP contribution in [0.15, 0.2) is 18.2 Å². The Labute approximate surface area is 98.9 Å². The van der Waals surface area contributed by atoms with Gasteiger partial charge in [0.05, 0.1) is 20.3 Å². The van der Waals surface area contributed by atoms with Crippen LogP contribution in [0.3, 0.4) is 0 Å². The van der Waals surface area contributed by atoms with Crippen LogP contribution in [0.2, 0.25) is 0 Å². The summed E-state index contributed by atoms with van der Waals surface area (Å²) in [4.78, 5) is 11.5. The lowest BCUT2D eigenvalue weighted by Gasteiger charge is -2.15. The van der Waals surface area contributed by atoms with E-state index in [0.717, 1.165) is 6.42 Å². The molecule has 1 unspecified atom stereocenters. The largest absolute Gasteiger partial charge is 0.507 e. The van der Waals surface area contributed by atoms with Gasteiger partial charge in [0.1, 0.15) is 23.2 Å². The van der Waals surface area contributed by atoms with Crippen molar-refractivity contribution in [2.24, 2.45) is 0 Å². The zero-order chi connectivity index (χ0) is 12.3. The SMILES string of the molecule is COC(=O)c1c(O)cccc1OC1CCOC1. The second-order valence-electron chi connectivity index (χ2n) is 3.75. The zero-order valence-corrected chi connectivity index (χ0v) is 9.51. The van der Waals surface area contributed by atoms with E-state index in [2.05, 4.69) is 4.74 Å². The van der Waals surface area contributed by atoms with Gasteiger partial charge in [-0.1, -0.05) is 6.07 Å². The van der Waals surface area contributed by atoms with Crippen molar-refractivity contribution in [3.05, 3.63) is 23.8 Å². The van der Waals surface area contributed by atoms with E-state index in [0.29, 0.717) is 19.0 Å². The number of carbonyl (C=O) groups excluding carboxylic acids is 1. The summed E-state index contributed by atoms with van der Waals surface area (Å²) in [6.45, 7) is 1.15. The van der Waals surface area contributed by atoms with E-state index >= 15 is 0 Å². The van der Waals surface area contributed by atoms with E-state index in [1.807, 2.05) is 0 Å². The molecule has 5 heteroatoms. The molecule has 1 heterocycles. The molecule has 1 aromatic rings. The number of aromatic hydroxyl groups is 1. The lowest BCUT2D eigenvalue weighted by atomic mass is 10.1. The van der Waals surface area contributed by atoms with Crippen LogP contribution in [-0.2, 0) is 9.47 Å². The van der Waals surface area contributed by atoms with Gasteiger partial charge in [-0.2, -0.15) is 0 Å². The van der Waals surface area contributed by atoms with Crippen LogP contribution in [0.5, 0.6) is 11.5 Å². The summed E-state index contributed by atoms with van der Waals surface area (Å²) >= 11 is 0. The lowest BCUT2D eigenvalue weighted by Crippen LogP contribution is -2.17. The number of hydrogen-bond donors (Lipinski definition) is 1. The molecule has 1 aromatic carbocycles. The molecule has 1 aliphatic heterocycles. The number of phenols is 1. The molecule has 2 rings (SSSR count). The quantitative estimate of drug-likeness (QED) is 0.805. The first-order chi connectivity index (χ1) is 8.22. The highest BCUT2D eigenvalue weighted by atomic mass is 16.6. The summed E-state index contributed by atoms with van der Waals surface area (Å²) in [6, 6.07) is 4.67. The van der Waals surface area contributed by atoms with Crippen LogP contribution in [0.25, 0.3) is 0 Å². The highest BCUT2D eigenvalue weighted by Crippen LogP contribution is 2.29. The molecule has 0 aliphatic carbocycles. The van der Waals surface area contributed by atoms with Crippen LogP contribution >= 0.6 is 0 Å². The highest BCUT2D eigenvalue weighted by Gasteiger charge is 2.23. The van der Waals surface area contributed by atoms with Gasteiger partial charge < -0.3 is 19.3 Å². The Hall–Kier alpha value is -1.75. The van der Waals surface area contributed by atoms with E-state index in [9.17, 15) is 9.90 Å². The summed E-state index contributed by atoms with van der Waals surface area (Å²) < 4.78 is 15.4. The van der Waals surface area contributed by atoms with E-state index in [1.165, 1.54) is 13.2 Å². The molecule has 17 heavy (non-hydrogen) atoms. The van der Waals surface area contributed by atoms with Gasteiger partial charge in [-0.15, -0.1) is 0 Å². The predicted octanol–water partition coefficient (Wildman–Crippen LogP) is 1.35. The molecule has 1 atom stereocenters. The molecule has 1 saturated heterocycles. The topological polar surface area (TPSA) is 65.0 Å². The molecule has 1 aliphatic rings. The molecule has 1 fully saturated rings. The van der Waals surface area contributed by atoms with E-state index < -0.39 is 5.97 Å². The molecular weight excluding hydrogens is 224 g/mol. The minimum atomic E-state index is -0.614. The van der Waals surface area contributed by atoms with Gasteiger partial charge >= 0.3 is 5.97 Å². The number of benzene rings is 1. The van der Waals surface area contributed by atoms with Crippen molar-refractivity contribution in [1.29, 1.82) is 0 Å². The average Bonchev–Trinajstić information content (AvgIpc) is 2.81. The number of esters is 1. The fraction of sp³-hybridized carbons (Fsp3) is 0.417. The smallest absolute Gasteiger partial charge is 0.345 e. The molecule has 0 radical (unpaired) electrons. The third-order valence-corrected chi connectivity index (χ3v) is 2.58. The first-order valence-corrected chi connectivity index (χ1v) is 5.37. The molecule has 0 amide bonds. The molecular formula is C12H14O5. The molecule has 0 bridgehead atoms. The van der Waals surface area contributed by atoms with Crippen LogP contribution in [0, 0.1) is 0 Å². The molecule has 5 nitrogen and oxygen atoms in total. The highest BCUT2D eigenvalue weighted by molar-refractivity contribution is 5.95. The summed E-state index contributed by atoms with van der Waals surface area (Å²) in [7, 11) is 1.26. The first-order valence-electron chi connectivity index (χ1n) is 5.37. The normalized spacial score (nSPS) is 19.0. The summed E-state index contributed by atoms with van der Waals surface area (Å²) in [5, 5.41) is 9.65. The summed E-state index contributed by atoms with van der Waals surface area (Å²) in [5.41, 5.74) is 0.0573. The zero-order valence-electron chi connectivity index (χ0n) is 9.51. The fourth-order valence-electron chi connectivity index (χ4n) is 1.71. The summed E-state index contributed by atoms with van der Waals surface area (Å²) in [5.74, 6) is -0.433. The van der Waals surface area contributed by atoms with Gasteiger partial charge in [0.2, 0.25) is 0 Å². The third kappa shape index (κ3) is 2.50. The Bertz CT molecular complexity index is 409. The minimum absolute atomic E-state index is 0.0573. The van der Waals surface area contributed by atoms with Crippen molar-refractivity contribution in [2.75, 3.05) is 20.3 Å². The van der Waals surface area contributed by atoms with Crippen molar-refractivity contribution in [1.82, 2.24) is 0 Å². The monoisotopic (exact) mass is 238 g/mol. The lowest BCUT2D eigenvalue weighted by molar-refractivity contribution is 0.0588. The van der Waals surface area contributed by atoms with E-state index in [1.54, 1.807) is 12.1 Å². The second-order valence-corrected chi connectivity index (χ2v) is 3.75. The van der Waals surface area contributed by atoms with Crippen LogP contribution in [0.1, 0.15) is 16.8 Å². The van der Waals surface area contributed by atoms with Gasteiger partial charge in [0.15, 0.2) is 0 Å². The fourth-order valence-corrected chi connectivity index (χ4v) is 1.71. The number of methoxy groups -OCH3 is 1. The Morgan fingerprint density at radius 1 is 1.53 bits per heavy atom. The summed E-state index contributed by atoms with van der Waals surface area (Å²) in [6.07, 6.45) is 0.691. The first kappa shape index (κ1) is 11.7. The molecule has 0 spiro atoms. The number of hydrogen-bond acceptors (Lipinski definition) is 5. The van der Waals surface area contributed by atoms with Crippen molar-refractivity contribution in [2.45, 2.75) is 12.5 Å². The molecule has 0 aromatic heterocycles. The number of rotatable bonds is 3. The average molecular weight is 238 g/mol. The maximum atomic E-state index is 11.5. The van der Waals surface area contributed by atoms with Crippen molar-refractivity contribution >= 4 is 5.97 Å². The number of phenolic OH excluding ortho intramolecular Hbond substituents is 1. The van der Waals surface area contributed by atoms with Gasteiger partial charge in [0, 0.05) is 6.42 Å². The van der Waals surface area contributed by atoms with E-state index in [-0.39, 0.29) is 17.4 Å². The minimum Gasteiger partial charge on any atom is -0.507 e. The van der Waals surface area contributed by atoms with Crippen molar-refractivity contribution < 1.29 is 24.1 Å². The Balaban J connectivity index is 2.25. The maximum absolute atomic E-state index is 11.5. The van der Waals surface area contributed by atoms with Gasteiger partial charge in [-0.25, -0.2) is 4.79 Å². The van der Waals surface area contributed by atoms with Crippen LogP contribution in [-0.4, -0.2) is 37.5 Å². The Morgan fingerprint density at radius 2 is 2.35 bits per heavy atom. The molecule has 1 N–H and O–H groups in total. The van der Waals surface area contributed by atoms with Crippen molar-refractivity contribution in [3.8, 4) is 11.5 Å². The Morgan fingerprint density at radius 3 is 3.00 bits per heavy atom. The van der Waals surface area contributed by atoms with Crippen LogP contribution < -0.4 is 4.74 Å². The third-order valence-electron chi connectivity index (χ3n) is 2.58. The van der Waals surface area contributed by atoms with Gasteiger partial charge in [0.25, 0.3) is 0 Å². The van der Waals surface area contributed by atoms with Gasteiger partial charge in [-0.05, 0) is 12.1 Å². The standard InChI is InChI=1S/C12H14O5/c1-15-12(14)11-9(13)3-2-4-10(11)17-8-5-6-16-7-8/h2-4,8,13H,5-7H2,1H3.